The summed E-state index contributed by atoms with van der Waals surface area (Å²) in [5, 5.41) is 5.49. The molecule has 1 aromatic rings. The molecule has 1 unspecified atom stereocenters. The smallest absolute Gasteiger partial charge is 0.242 e. The minimum absolute atomic E-state index is 0.0301. The van der Waals surface area contributed by atoms with E-state index in [2.05, 4.69) is 15.2 Å². The van der Waals surface area contributed by atoms with Crippen molar-refractivity contribution in [3.63, 3.8) is 0 Å². The summed E-state index contributed by atoms with van der Waals surface area (Å²) < 4.78 is 2.07. The molecule has 5 nitrogen and oxygen atoms in total. The van der Waals surface area contributed by atoms with Crippen molar-refractivity contribution < 1.29 is 9.59 Å². The van der Waals surface area contributed by atoms with Gasteiger partial charge in [-0.2, -0.15) is 0 Å². The predicted octanol–water partition coefficient (Wildman–Crippen LogP) is 0.273. The van der Waals surface area contributed by atoms with E-state index in [0.29, 0.717) is 19.4 Å². The van der Waals surface area contributed by atoms with E-state index < -0.39 is 0 Å². The number of rotatable bonds is 5. The van der Waals surface area contributed by atoms with Crippen molar-refractivity contribution in [2.75, 3.05) is 6.54 Å². The highest BCUT2D eigenvalue weighted by Crippen LogP contribution is 2.06. The summed E-state index contributed by atoms with van der Waals surface area (Å²) in [5.41, 5.74) is 0. The van der Waals surface area contributed by atoms with Crippen molar-refractivity contribution in [1.82, 2.24) is 15.2 Å². The molecule has 17 heavy (non-hydrogen) atoms. The Balaban J connectivity index is 1.62. The molecular formula is C12H17N3O2. The minimum atomic E-state index is -0.325. The molecule has 0 aliphatic carbocycles. The van der Waals surface area contributed by atoms with Gasteiger partial charge in [-0.05, 0) is 25.0 Å². The highest BCUT2D eigenvalue weighted by Gasteiger charge is 2.26. The molecule has 0 spiro atoms. The van der Waals surface area contributed by atoms with E-state index in [1.807, 2.05) is 24.5 Å². The minimum Gasteiger partial charge on any atom is -0.354 e. The number of amides is 2. The lowest BCUT2D eigenvalue weighted by Crippen LogP contribution is -2.42. The van der Waals surface area contributed by atoms with Crippen LogP contribution in [-0.2, 0) is 16.1 Å². The van der Waals surface area contributed by atoms with Crippen LogP contribution in [0.25, 0.3) is 0 Å². The summed E-state index contributed by atoms with van der Waals surface area (Å²) in [5.74, 6) is -0.0964. The highest BCUT2D eigenvalue weighted by molar-refractivity contribution is 5.90. The largest absolute Gasteiger partial charge is 0.354 e. The number of hydrogen-bond donors (Lipinski definition) is 2. The van der Waals surface area contributed by atoms with E-state index in [4.69, 9.17) is 0 Å². The summed E-state index contributed by atoms with van der Waals surface area (Å²) >= 11 is 0. The zero-order chi connectivity index (χ0) is 12.1. The quantitative estimate of drug-likeness (QED) is 0.720. The fourth-order valence-corrected chi connectivity index (χ4v) is 1.93. The normalized spacial score (nSPS) is 19.1. The molecule has 1 aliphatic rings. The molecule has 2 rings (SSSR count). The molecule has 1 aromatic heterocycles. The number of carbonyl (C=O) groups excluding carboxylic acids is 2. The van der Waals surface area contributed by atoms with E-state index in [-0.39, 0.29) is 17.9 Å². The van der Waals surface area contributed by atoms with Crippen LogP contribution in [0.15, 0.2) is 24.5 Å². The highest BCUT2D eigenvalue weighted by atomic mass is 16.2. The third-order valence-corrected chi connectivity index (χ3v) is 2.87. The molecule has 1 fully saturated rings. The maximum absolute atomic E-state index is 11.6. The number of nitrogens with one attached hydrogen (secondary N) is 2. The van der Waals surface area contributed by atoms with Crippen LogP contribution in [0.3, 0.4) is 0 Å². The fraction of sp³-hybridized carbons (Fsp3) is 0.500. The van der Waals surface area contributed by atoms with E-state index >= 15 is 0 Å². The van der Waals surface area contributed by atoms with Crippen LogP contribution in [0.5, 0.6) is 0 Å². The Morgan fingerprint density at radius 1 is 1.47 bits per heavy atom. The van der Waals surface area contributed by atoms with Gasteiger partial charge in [0.2, 0.25) is 11.8 Å². The molecule has 2 N–H and O–H groups in total. The Bertz CT molecular complexity index is 386. The van der Waals surface area contributed by atoms with Gasteiger partial charge in [-0.3, -0.25) is 9.59 Å². The van der Waals surface area contributed by atoms with E-state index in [0.717, 1.165) is 13.0 Å². The zero-order valence-electron chi connectivity index (χ0n) is 9.69. The van der Waals surface area contributed by atoms with Crippen LogP contribution < -0.4 is 10.6 Å². The number of aromatic nitrogens is 1. The molecule has 1 saturated heterocycles. The Morgan fingerprint density at radius 2 is 2.24 bits per heavy atom. The molecule has 1 atom stereocenters. The maximum Gasteiger partial charge on any atom is 0.242 e. The van der Waals surface area contributed by atoms with E-state index in [1.54, 1.807) is 0 Å². The monoisotopic (exact) mass is 235 g/mol. The molecule has 92 valence electrons. The lowest BCUT2D eigenvalue weighted by atomic mass is 10.2. The zero-order valence-corrected chi connectivity index (χ0v) is 9.69. The molecule has 0 saturated carbocycles. The van der Waals surface area contributed by atoms with Gasteiger partial charge in [0.1, 0.15) is 6.04 Å². The van der Waals surface area contributed by atoms with Crippen LogP contribution in [0.2, 0.25) is 0 Å². The Kier molecular flexibility index (Phi) is 3.80. The van der Waals surface area contributed by atoms with E-state index in [1.165, 1.54) is 0 Å². The fourth-order valence-electron chi connectivity index (χ4n) is 1.93. The third kappa shape index (κ3) is 3.34. The molecule has 0 bridgehead atoms. The van der Waals surface area contributed by atoms with Crippen molar-refractivity contribution in [3.05, 3.63) is 24.5 Å². The second-order valence-corrected chi connectivity index (χ2v) is 4.22. The van der Waals surface area contributed by atoms with Gasteiger partial charge in [0.25, 0.3) is 0 Å². The standard InChI is InChI=1S/C12H17N3O2/c16-11-5-4-10(14-11)12(17)13-6-3-9-15-7-1-2-8-15/h1-2,7-8,10H,3-6,9H2,(H,13,17)(H,14,16). The molecular weight excluding hydrogens is 218 g/mol. The Morgan fingerprint density at radius 3 is 2.88 bits per heavy atom. The summed E-state index contributed by atoms with van der Waals surface area (Å²) in [7, 11) is 0. The second kappa shape index (κ2) is 5.52. The summed E-state index contributed by atoms with van der Waals surface area (Å²) in [6.07, 6.45) is 5.96. The molecule has 5 heteroatoms. The topological polar surface area (TPSA) is 63.1 Å². The first-order valence-corrected chi connectivity index (χ1v) is 5.93. The van der Waals surface area contributed by atoms with Crippen LogP contribution in [0.4, 0.5) is 0 Å². The van der Waals surface area contributed by atoms with Gasteiger partial charge in [-0.1, -0.05) is 0 Å². The Hall–Kier alpha value is -1.78. The summed E-state index contributed by atoms with van der Waals surface area (Å²) in [4.78, 5) is 22.6. The lowest BCUT2D eigenvalue weighted by Gasteiger charge is -2.10. The van der Waals surface area contributed by atoms with Crippen LogP contribution >= 0.6 is 0 Å². The number of carbonyl (C=O) groups is 2. The predicted molar refractivity (Wildman–Crippen MR) is 63.2 cm³/mol. The molecule has 2 amide bonds. The van der Waals surface area contributed by atoms with Crippen molar-refractivity contribution in [3.8, 4) is 0 Å². The van der Waals surface area contributed by atoms with Crippen molar-refractivity contribution in [2.45, 2.75) is 31.8 Å². The molecule has 1 aliphatic heterocycles. The lowest BCUT2D eigenvalue weighted by molar-refractivity contribution is -0.125. The molecule has 0 radical (unpaired) electrons. The number of nitrogens with zero attached hydrogens (tertiary/aromatic N) is 1. The van der Waals surface area contributed by atoms with Gasteiger partial charge in [-0.25, -0.2) is 0 Å². The van der Waals surface area contributed by atoms with Crippen molar-refractivity contribution in [2.24, 2.45) is 0 Å². The van der Waals surface area contributed by atoms with Gasteiger partial charge < -0.3 is 15.2 Å². The van der Waals surface area contributed by atoms with Crippen LogP contribution in [0, 0.1) is 0 Å². The van der Waals surface area contributed by atoms with Gasteiger partial charge in [0, 0.05) is 31.9 Å². The first kappa shape index (κ1) is 11.7. The Labute approximate surface area is 100 Å². The average Bonchev–Trinajstić information content (AvgIpc) is 2.95. The average molecular weight is 235 g/mol. The van der Waals surface area contributed by atoms with Gasteiger partial charge in [-0.15, -0.1) is 0 Å². The van der Waals surface area contributed by atoms with Gasteiger partial charge in [0.15, 0.2) is 0 Å². The number of aryl methyl sites for hydroxylation is 1. The molecule has 2 heterocycles. The maximum atomic E-state index is 11.6. The summed E-state index contributed by atoms with van der Waals surface area (Å²) in [6, 6.07) is 3.63. The summed E-state index contributed by atoms with van der Waals surface area (Å²) in [6.45, 7) is 1.54. The first-order valence-electron chi connectivity index (χ1n) is 5.93. The van der Waals surface area contributed by atoms with Crippen LogP contribution in [0.1, 0.15) is 19.3 Å². The molecule has 0 aromatic carbocycles. The van der Waals surface area contributed by atoms with Crippen LogP contribution in [-0.4, -0.2) is 29.0 Å². The van der Waals surface area contributed by atoms with Gasteiger partial charge in [0.05, 0.1) is 0 Å². The van der Waals surface area contributed by atoms with Crippen molar-refractivity contribution >= 4 is 11.8 Å². The third-order valence-electron chi connectivity index (χ3n) is 2.87. The van der Waals surface area contributed by atoms with Crippen molar-refractivity contribution in [1.29, 1.82) is 0 Å². The second-order valence-electron chi connectivity index (χ2n) is 4.22. The number of hydrogen-bond acceptors (Lipinski definition) is 2. The van der Waals surface area contributed by atoms with E-state index in [9.17, 15) is 9.59 Å². The SMILES string of the molecule is O=C1CCC(C(=O)NCCCn2cccc2)N1. The first-order chi connectivity index (χ1) is 8.25. The van der Waals surface area contributed by atoms with Gasteiger partial charge >= 0.3 is 0 Å².